The fraction of sp³-hybridized carbons (Fsp3) is 0.133. The number of rotatable bonds is 5. The van der Waals surface area contributed by atoms with Crippen LogP contribution in [0.2, 0.25) is 0 Å². The van der Waals surface area contributed by atoms with E-state index in [2.05, 4.69) is 4.74 Å². The summed E-state index contributed by atoms with van der Waals surface area (Å²) in [4.78, 5) is 33.3. The van der Waals surface area contributed by atoms with Crippen molar-refractivity contribution in [1.29, 1.82) is 0 Å². The first-order valence-corrected chi connectivity index (χ1v) is 7.09. The van der Waals surface area contributed by atoms with Crippen LogP contribution in [-0.4, -0.2) is 23.4 Å². The first-order chi connectivity index (χ1) is 12.6. The van der Waals surface area contributed by atoms with Gasteiger partial charge in [0.1, 0.15) is 5.69 Å². The summed E-state index contributed by atoms with van der Waals surface area (Å²) in [6.45, 7) is -0.844. The van der Waals surface area contributed by atoms with Gasteiger partial charge in [0.05, 0.1) is 16.1 Å². The van der Waals surface area contributed by atoms with E-state index in [1.54, 1.807) is 0 Å². The second-order valence-electron chi connectivity index (χ2n) is 5.06. The van der Waals surface area contributed by atoms with E-state index in [1.165, 1.54) is 0 Å². The summed E-state index contributed by atoms with van der Waals surface area (Å²) < 4.78 is 43.0. The molecule has 1 aromatic heterocycles. The highest BCUT2D eigenvalue weighted by Gasteiger charge is 2.33. The number of halogens is 3. The lowest BCUT2D eigenvalue weighted by molar-refractivity contribution is -0.605. The van der Waals surface area contributed by atoms with E-state index in [1.807, 2.05) is 5.32 Å². The number of nitro benzene ring substituents is 1. The van der Waals surface area contributed by atoms with Crippen LogP contribution < -0.4 is 10.0 Å². The number of anilines is 1. The van der Waals surface area contributed by atoms with E-state index >= 15 is 0 Å². The highest BCUT2D eigenvalue weighted by molar-refractivity contribution is 5.96. The van der Waals surface area contributed by atoms with Crippen molar-refractivity contribution in [3.63, 3.8) is 0 Å². The average Bonchev–Trinajstić information content (AvgIpc) is 2.59. The maximum Gasteiger partial charge on any atom is 0.416 e. The average molecular weight is 385 g/mol. The van der Waals surface area contributed by atoms with Gasteiger partial charge >= 0.3 is 12.1 Å². The number of esters is 1. The van der Waals surface area contributed by atoms with Crippen LogP contribution in [0.15, 0.2) is 42.7 Å². The largest absolute Gasteiger partial charge is 0.619 e. The quantitative estimate of drug-likeness (QED) is 0.276. The van der Waals surface area contributed by atoms with Crippen LogP contribution in [0.3, 0.4) is 0 Å². The Kier molecular flexibility index (Phi) is 5.58. The summed E-state index contributed by atoms with van der Waals surface area (Å²) in [7, 11) is 0. The second-order valence-corrected chi connectivity index (χ2v) is 5.06. The van der Waals surface area contributed by atoms with E-state index in [0.717, 1.165) is 30.6 Å². The van der Waals surface area contributed by atoms with Crippen molar-refractivity contribution >= 4 is 23.3 Å². The first kappa shape index (κ1) is 19.6. The third-order valence-corrected chi connectivity index (χ3v) is 3.17. The molecule has 0 fully saturated rings. The lowest BCUT2D eigenvalue weighted by Crippen LogP contribution is -2.25. The van der Waals surface area contributed by atoms with E-state index in [-0.39, 0.29) is 11.6 Å². The van der Waals surface area contributed by atoms with Crippen molar-refractivity contribution in [3.05, 3.63) is 69.2 Å². The lowest BCUT2D eigenvalue weighted by Gasteiger charge is -2.10. The molecule has 0 spiro atoms. The molecule has 0 aliphatic rings. The molecule has 0 aliphatic heterocycles. The minimum atomic E-state index is -4.79. The van der Waals surface area contributed by atoms with Gasteiger partial charge in [-0.3, -0.25) is 14.9 Å². The van der Waals surface area contributed by atoms with Gasteiger partial charge in [0.25, 0.3) is 11.6 Å². The number of amides is 1. The Morgan fingerprint density at radius 2 is 1.81 bits per heavy atom. The third kappa shape index (κ3) is 5.14. The van der Waals surface area contributed by atoms with Crippen molar-refractivity contribution in [3.8, 4) is 0 Å². The molecule has 12 heteroatoms. The zero-order valence-corrected chi connectivity index (χ0v) is 13.2. The molecule has 0 radical (unpaired) electrons. The molecule has 0 bridgehead atoms. The van der Waals surface area contributed by atoms with Gasteiger partial charge in [0, 0.05) is 18.2 Å². The van der Waals surface area contributed by atoms with Gasteiger partial charge in [-0.2, -0.15) is 17.9 Å². The molecule has 0 saturated carbocycles. The van der Waals surface area contributed by atoms with Crippen LogP contribution in [0, 0.1) is 15.3 Å². The number of pyridine rings is 1. The number of nitro groups is 1. The Morgan fingerprint density at radius 1 is 1.19 bits per heavy atom. The summed E-state index contributed by atoms with van der Waals surface area (Å²) >= 11 is 0. The smallest absolute Gasteiger partial charge is 0.416 e. The van der Waals surface area contributed by atoms with E-state index in [4.69, 9.17) is 0 Å². The Balaban J connectivity index is 2.05. The first-order valence-electron chi connectivity index (χ1n) is 7.09. The normalized spacial score (nSPS) is 10.9. The topological polar surface area (TPSA) is 125 Å². The summed E-state index contributed by atoms with van der Waals surface area (Å²) in [5, 5.41) is 23.8. The van der Waals surface area contributed by atoms with Crippen LogP contribution in [0.1, 0.15) is 15.9 Å². The molecule has 0 unspecified atom stereocenters. The molecular weight excluding hydrogens is 375 g/mol. The van der Waals surface area contributed by atoms with Crippen molar-refractivity contribution < 1.29 is 37.2 Å². The number of alkyl halides is 3. The SMILES string of the molecule is O=C(COC(=O)c1cc[n+]([O-])cc1)Nc1ccc(C(F)(F)F)cc1[N+](=O)[O-]. The maximum atomic E-state index is 12.6. The van der Waals surface area contributed by atoms with Gasteiger partial charge in [0.2, 0.25) is 0 Å². The zero-order chi connectivity index (χ0) is 20.2. The predicted molar refractivity (Wildman–Crippen MR) is 82.4 cm³/mol. The fourth-order valence-electron chi connectivity index (χ4n) is 1.91. The molecular formula is C15H10F3N3O6. The molecule has 9 nitrogen and oxygen atoms in total. The van der Waals surface area contributed by atoms with Crippen LogP contribution in [0.25, 0.3) is 0 Å². The van der Waals surface area contributed by atoms with Crippen molar-refractivity contribution in [2.24, 2.45) is 0 Å². The van der Waals surface area contributed by atoms with Crippen molar-refractivity contribution in [2.45, 2.75) is 6.18 Å². The standard InChI is InChI=1S/C15H10F3N3O6/c16-15(17,18)10-1-2-11(12(7-10)21(25)26)19-13(22)8-27-14(23)9-3-5-20(24)6-4-9/h1-7H,8H2,(H,19,22). The van der Waals surface area contributed by atoms with Gasteiger partial charge in [-0.25, -0.2) is 4.79 Å². The molecule has 1 heterocycles. The maximum absolute atomic E-state index is 12.6. The lowest BCUT2D eigenvalue weighted by atomic mass is 10.1. The van der Waals surface area contributed by atoms with Crippen LogP contribution in [-0.2, 0) is 15.7 Å². The van der Waals surface area contributed by atoms with Crippen molar-refractivity contribution in [1.82, 2.24) is 0 Å². The number of ether oxygens (including phenoxy) is 1. The molecule has 2 rings (SSSR count). The monoisotopic (exact) mass is 385 g/mol. The van der Waals surface area contributed by atoms with Gasteiger partial charge < -0.3 is 15.3 Å². The summed E-state index contributed by atoms with van der Waals surface area (Å²) in [6.07, 6.45) is -2.73. The number of nitrogens with one attached hydrogen (secondary N) is 1. The third-order valence-electron chi connectivity index (χ3n) is 3.17. The zero-order valence-electron chi connectivity index (χ0n) is 13.2. The highest BCUT2D eigenvalue weighted by Crippen LogP contribution is 2.34. The fourth-order valence-corrected chi connectivity index (χ4v) is 1.91. The number of carbonyl (C=O) groups is 2. The number of benzene rings is 1. The molecule has 0 aliphatic carbocycles. The summed E-state index contributed by atoms with van der Waals surface area (Å²) in [6, 6.07) is 3.87. The van der Waals surface area contributed by atoms with E-state index < -0.39 is 46.5 Å². The molecule has 1 N–H and O–H groups in total. The van der Waals surface area contributed by atoms with E-state index in [0.29, 0.717) is 10.8 Å². The van der Waals surface area contributed by atoms with Gasteiger partial charge in [-0.1, -0.05) is 0 Å². The van der Waals surface area contributed by atoms with Gasteiger partial charge in [0.15, 0.2) is 19.0 Å². The Morgan fingerprint density at radius 3 is 2.37 bits per heavy atom. The van der Waals surface area contributed by atoms with Crippen LogP contribution >= 0.6 is 0 Å². The Bertz CT molecular complexity index is 883. The summed E-state index contributed by atoms with van der Waals surface area (Å²) in [5.74, 6) is -1.94. The molecule has 27 heavy (non-hydrogen) atoms. The number of hydrogen-bond acceptors (Lipinski definition) is 6. The molecule has 142 valence electrons. The molecule has 1 aromatic carbocycles. The van der Waals surface area contributed by atoms with Gasteiger partial charge in [-0.15, -0.1) is 0 Å². The predicted octanol–water partition coefficient (Wildman–Crippen LogP) is 2.04. The van der Waals surface area contributed by atoms with Crippen LogP contribution in [0.4, 0.5) is 24.5 Å². The molecule has 2 aromatic rings. The number of hydrogen-bond donors (Lipinski definition) is 1. The number of aromatic nitrogens is 1. The minimum Gasteiger partial charge on any atom is -0.619 e. The molecule has 1 amide bonds. The minimum absolute atomic E-state index is 0.0181. The number of nitrogens with zero attached hydrogens (tertiary/aromatic N) is 2. The van der Waals surface area contributed by atoms with E-state index in [9.17, 15) is 38.1 Å². The van der Waals surface area contributed by atoms with Gasteiger partial charge in [-0.05, 0) is 12.1 Å². The summed E-state index contributed by atoms with van der Waals surface area (Å²) in [5.41, 5.74) is -2.72. The molecule has 0 saturated heterocycles. The van der Waals surface area contributed by atoms with Crippen LogP contribution in [0.5, 0.6) is 0 Å². The van der Waals surface area contributed by atoms with Crippen molar-refractivity contribution in [2.75, 3.05) is 11.9 Å². The Labute approximate surface area is 148 Å². The second kappa shape index (κ2) is 7.68. The number of carbonyl (C=O) groups excluding carboxylic acids is 2. The highest BCUT2D eigenvalue weighted by atomic mass is 19.4. The molecule has 0 atom stereocenters. The Hall–Kier alpha value is -3.70.